The Kier molecular flexibility index (Phi) is 4.21. The lowest BCUT2D eigenvalue weighted by atomic mass is 10.1. The number of benzene rings is 1. The van der Waals surface area contributed by atoms with Gasteiger partial charge in [-0.05, 0) is 22.0 Å². The molecule has 0 bridgehead atoms. The van der Waals surface area contributed by atoms with Gasteiger partial charge in [0.1, 0.15) is 15.4 Å². The third-order valence-corrected chi connectivity index (χ3v) is 2.91. The van der Waals surface area contributed by atoms with E-state index in [4.69, 9.17) is 0 Å². The predicted octanol–water partition coefficient (Wildman–Crippen LogP) is 4.03. The van der Waals surface area contributed by atoms with Gasteiger partial charge in [-0.25, -0.2) is 8.78 Å². The topological polar surface area (TPSA) is 17.1 Å². The quantitative estimate of drug-likeness (QED) is 0.422. The highest BCUT2D eigenvalue weighted by molar-refractivity contribution is 9.25. The number of rotatable bonds is 2. The smallest absolute Gasteiger partial charge is 0.190 e. The molecule has 0 radical (unpaired) electrons. The molecule has 0 N–H and O–H groups in total. The lowest BCUT2D eigenvalue weighted by Crippen LogP contribution is -2.10. The van der Waals surface area contributed by atoms with Crippen molar-refractivity contribution in [2.75, 3.05) is 0 Å². The summed E-state index contributed by atoms with van der Waals surface area (Å²) in [5.74, 6) is -2.11. The molecule has 1 aromatic rings. The number of Topliss-reactive ketones (excluding diaryl/α,β-unsaturated/α-hetero) is 1. The molecule has 6 heteroatoms. The molecule has 1 nitrogen and oxygen atoms in total. The molecule has 76 valence electrons. The Labute approximate surface area is 104 Å². The van der Waals surface area contributed by atoms with Crippen molar-refractivity contribution >= 4 is 53.6 Å². The minimum Gasteiger partial charge on any atom is -0.292 e. The van der Waals surface area contributed by atoms with Crippen molar-refractivity contribution in [2.45, 2.75) is 3.74 Å². The average Bonchev–Trinajstić information content (AvgIpc) is 2.10. The van der Waals surface area contributed by atoms with Gasteiger partial charge < -0.3 is 0 Å². The summed E-state index contributed by atoms with van der Waals surface area (Å²) in [6.07, 6.45) is 0. The second-order valence-electron chi connectivity index (χ2n) is 2.41. The van der Waals surface area contributed by atoms with E-state index in [1.165, 1.54) is 0 Å². The predicted molar refractivity (Wildman–Crippen MR) is 60.0 cm³/mol. The summed E-state index contributed by atoms with van der Waals surface area (Å²) in [5, 5.41) is 0. The highest BCUT2D eigenvalue weighted by Crippen LogP contribution is 2.23. The van der Waals surface area contributed by atoms with Gasteiger partial charge in [0, 0.05) is 6.07 Å². The second kappa shape index (κ2) is 4.81. The normalized spacial score (nSPS) is 10.7. The van der Waals surface area contributed by atoms with Gasteiger partial charge in [-0.1, -0.05) is 31.9 Å². The summed E-state index contributed by atoms with van der Waals surface area (Å²) >= 11 is 8.76. The van der Waals surface area contributed by atoms with Crippen LogP contribution in [0.1, 0.15) is 10.4 Å². The zero-order chi connectivity index (χ0) is 10.9. The SMILES string of the molecule is O=C(c1cc(Br)c(F)cc1F)C(Br)Br. The fourth-order valence-corrected chi connectivity index (χ4v) is 1.67. The van der Waals surface area contributed by atoms with Gasteiger partial charge in [0.15, 0.2) is 5.78 Å². The average molecular weight is 393 g/mol. The van der Waals surface area contributed by atoms with Crippen molar-refractivity contribution in [3.63, 3.8) is 0 Å². The minimum atomic E-state index is -0.875. The number of hydrogen-bond donors (Lipinski definition) is 0. The van der Waals surface area contributed by atoms with Crippen molar-refractivity contribution in [3.05, 3.63) is 33.8 Å². The number of carbonyl (C=O) groups excluding carboxylic acids is 1. The number of alkyl halides is 2. The Morgan fingerprint density at radius 2 is 1.79 bits per heavy atom. The zero-order valence-corrected chi connectivity index (χ0v) is 11.3. The maximum absolute atomic E-state index is 13.1. The summed E-state index contributed by atoms with van der Waals surface area (Å²) in [4.78, 5) is 11.4. The van der Waals surface area contributed by atoms with E-state index >= 15 is 0 Å². The van der Waals surface area contributed by atoms with Crippen LogP contribution in [-0.2, 0) is 0 Å². The van der Waals surface area contributed by atoms with Gasteiger partial charge in [-0.2, -0.15) is 0 Å². The van der Waals surface area contributed by atoms with Crippen LogP contribution >= 0.6 is 47.8 Å². The summed E-state index contributed by atoms with van der Waals surface area (Å²) in [6.45, 7) is 0. The molecule has 0 aliphatic heterocycles. The molecule has 0 amide bonds. The van der Waals surface area contributed by atoms with Gasteiger partial charge >= 0.3 is 0 Å². The van der Waals surface area contributed by atoms with Crippen LogP contribution in [-0.4, -0.2) is 9.52 Å². The minimum absolute atomic E-state index is 0.0582. The van der Waals surface area contributed by atoms with Gasteiger partial charge in [-0.3, -0.25) is 4.79 Å². The lowest BCUT2D eigenvalue weighted by Gasteiger charge is -2.04. The monoisotopic (exact) mass is 390 g/mol. The Hall–Kier alpha value is 0.190. The van der Waals surface area contributed by atoms with Crippen LogP contribution in [0.2, 0.25) is 0 Å². The van der Waals surface area contributed by atoms with Gasteiger partial charge in [0.05, 0.1) is 10.0 Å². The van der Waals surface area contributed by atoms with Gasteiger partial charge in [0.25, 0.3) is 0 Å². The molecule has 0 unspecified atom stereocenters. The first-order valence-electron chi connectivity index (χ1n) is 3.40. The molecule has 0 atom stereocenters. The molecule has 14 heavy (non-hydrogen) atoms. The van der Waals surface area contributed by atoms with E-state index in [0.717, 1.165) is 6.07 Å². The molecule has 0 spiro atoms. The molecule has 0 saturated heterocycles. The Morgan fingerprint density at radius 1 is 1.21 bits per heavy atom. The van der Waals surface area contributed by atoms with E-state index in [1.54, 1.807) is 0 Å². The largest absolute Gasteiger partial charge is 0.292 e. The van der Waals surface area contributed by atoms with Gasteiger partial charge in [0.2, 0.25) is 0 Å². The van der Waals surface area contributed by atoms with Crippen LogP contribution in [0.4, 0.5) is 8.78 Å². The van der Waals surface area contributed by atoms with E-state index in [1.807, 2.05) is 0 Å². The van der Waals surface area contributed by atoms with E-state index in [-0.39, 0.29) is 10.0 Å². The summed E-state index contributed by atoms with van der Waals surface area (Å²) in [5.41, 5.74) is -0.169. The highest BCUT2D eigenvalue weighted by atomic mass is 79.9. The van der Waals surface area contributed by atoms with Crippen molar-refractivity contribution in [2.24, 2.45) is 0 Å². The molecule has 0 fully saturated rings. The summed E-state index contributed by atoms with van der Waals surface area (Å²) in [6, 6.07) is 1.78. The first-order chi connectivity index (χ1) is 6.43. The Morgan fingerprint density at radius 3 is 2.29 bits per heavy atom. The van der Waals surface area contributed by atoms with Crippen LogP contribution in [0, 0.1) is 11.6 Å². The fourth-order valence-electron chi connectivity index (χ4n) is 0.829. The fraction of sp³-hybridized carbons (Fsp3) is 0.125. The molecular weight excluding hydrogens is 390 g/mol. The Bertz CT molecular complexity index is 379. The van der Waals surface area contributed by atoms with Crippen molar-refractivity contribution in [3.8, 4) is 0 Å². The van der Waals surface area contributed by atoms with Crippen molar-refractivity contribution in [1.29, 1.82) is 0 Å². The number of carbonyl (C=O) groups is 1. The summed E-state index contributed by atoms with van der Waals surface area (Å²) in [7, 11) is 0. The molecule has 0 aliphatic carbocycles. The maximum atomic E-state index is 13.1. The second-order valence-corrected chi connectivity index (χ2v) is 6.33. The van der Waals surface area contributed by atoms with E-state index in [2.05, 4.69) is 47.8 Å². The molecule has 0 aromatic heterocycles. The van der Waals surface area contributed by atoms with Crippen LogP contribution in [0.3, 0.4) is 0 Å². The lowest BCUT2D eigenvalue weighted by molar-refractivity contribution is 0.101. The molecule has 0 heterocycles. The first-order valence-corrected chi connectivity index (χ1v) is 6.03. The third kappa shape index (κ3) is 2.61. The van der Waals surface area contributed by atoms with Crippen LogP contribution < -0.4 is 0 Å². The van der Waals surface area contributed by atoms with Gasteiger partial charge in [-0.15, -0.1) is 0 Å². The third-order valence-electron chi connectivity index (χ3n) is 1.47. The van der Waals surface area contributed by atoms with Crippen molar-refractivity contribution in [1.82, 2.24) is 0 Å². The molecule has 1 aromatic carbocycles. The van der Waals surface area contributed by atoms with E-state index < -0.39 is 21.2 Å². The van der Waals surface area contributed by atoms with Crippen LogP contribution in [0.15, 0.2) is 16.6 Å². The molecule has 0 aliphatic rings. The highest BCUT2D eigenvalue weighted by Gasteiger charge is 2.19. The number of hydrogen-bond acceptors (Lipinski definition) is 1. The molecule has 0 saturated carbocycles. The molecule has 1 rings (SSSR count). The molecular formula is C8H3Br3F2O. The standard InChI is InChI=1S/C8H3Br3F2O/c9-4-1-3(7(14)8(10)11)5(12)2-6(4)13/h1-2,8H. The maximum Gasteiger partial charge on any atom is 0.190 e. The van der Waals surface area contributed by atoms with E-state index in [9.17, 15) is 13.6 Å². The Balaban J connectivity index is 3.22. The number of halogens is 5. The van der Waals surface area contributed by atoms with Crippen LogP contribution in [0.25, 0.3) is 0 Å². The van der Waals surface area contributed by atoms with Crippen molar-refractivity contribution < 1.29 is 13.6 Å². The van der Waals surface area contributed by atoms with Crippen LogP contribution in [0.5, 0.6) is 0 Å². The van der Waals surface area contributed by atoms with E-state index in [0.29, 0.717) is 6.07 Å². The summed E-state index contributed by atoms with van der Waals surface area (Å²) < 4.78 is 25.3. The first kappa shape index (κ1) is 12.3. The zero-order valence-electron chi connectivity index (χ0n) is 6.53. The number of ketones is 1.